The van der Waals surface area contributed by atoms with Crippen molar-refractivity contribution >= 4 is 5.82 Å². The van der Waals surface area contributed by atoms with Crippen LogP contribution in [0.25, 0.3) is 5.82 Å². The van der Waals surface area contributed by atoms with Crippen LogP contribution in [0.4, 0.5) is 5.82 Å². The van der Waals surface area contributed by atoms with Gasteiger partial charge in [-0.25, -0.2) is 14.6 Å². The van der Waals surface area contributed by atoms with Gasteiger partial charge in [0.2, 0.25) is 0 Å². The number of aryl methyl sites for hydroxylation is 2. The number of fused-ring (bicyclic) bond motifs is 1. The second-order valence-electron chi connectivity index (χ2n) is 7.88. The molecule has 0 spiro atoms. The summed E-state index contributed by atoms with van der Waals surface area (Å²) in [6, 6.07) is 4.12. The fourth-order valence-electron chi connectivity index (χ4n) is 4.54. The normalized spacial score (nSPS) is 22.1. The van der Waals surface area contributed by atoms with Gasteiger partial charge in [-0.1, -0.05) is 0 Å². The number of anilines is 1. The van der Waals surface area contributed by atoms with Gasteiger partial charge in [0.25, 0.3) is 0 Å². The molecule has 0 radical (unpaired) electrons. The maximum Gasteiger partial charge on any atom is 0.159 e. The zero-order valence-electron chi connectivity index (χ0n) is 16.3. The Labute approximate surface area is 164 Å². The zero-order chi connectivity index (χ0) is 19.1. The van der Waals surface area contributed by atoms with Crippen molar-refractivity contribution in [1.29, 1.82) is 0 Å². The van der Waals surface area contributed by atoms with Crippen LogP contribution in [0, 0.1) is 25.7 Å². The summed E-state index contributed by atoms with van der Waals surface area (Å²) in [5, 5.41) is 12.9. The molecule has 2 aliphatic rings. The lowest BCUT2D eigenvalue weighted by Gasteiger charge is -2.22. The fourth-order valence-corrected chi connectivity index (χ4v) is 4.54. The maximum absolute atomic E-state index is 4.55. The Morgan fingerprint density at radius 3 is 2.29 bits per heavy atom. The minimum absolute atomic E-state index is 0.692. The standard InChI is InChI=1S/C19H25N9/c1-14-7-15(2)28(24-14)19-8-18(20-13-21-19)26-11-16-9-25(10-17(16)12-26)5-6-27-22-3-4-23-27/h3-4,7-8,13,16-17H,5-6,9-12H2,1-2H3. The zero-order valence-corrected chi connectivity index (χ0v) is 16.3. The average molecular weight is 379 g/mol. The van der Waals surface area contributed by atoms with Gasteiger partial charge >= 0.3 is 0 Å². The Kier molecular flexibility index (Phi) is 4.31. The van der Waals surface area contributed by atoms with Crippen molar-refractivity contribution in [3.63, 3.8) is 0 Å². The third-order valence-corrected chi connectivity index (χ3v) is 5.83. The van der Waals surface area contributed by atoms with Gasteiger partial charge in [-0.15, -0.1) is 0 Å². The van der Waals surface area contributed by atoms with Crippen LogP contribution in [-0.4, -0.2) is 72.4 Å². The van der Waals surface area contributed by atoms with Gasteiger partial charge in [0.15, 0.2) is 5.82 Å². The Balaban J connectivity index is 1.23. The number of likely N-dealkylation sites (tertiary alicyclic amines) is 1. The second-order valence-corrected chi connectivity index (χ2v) is 7.88. The molecule has 5 heterocycles. The summed E-state index contributed by atoms with van der Waals surface area (Å²) in [4.78, 5) is 15.7. The van der Waals surface area contributed by atoms with E-state index in [1.165, 1.54) is 0 Å². The van der Waals surface area contributed by atoms with E-state index < -0.39 is 0 Å². The minimum atomic E-state index is 0.692. The molecular weight excluding hydrogens is 354 g/mol. The number of rotatable bonds is 5. The van der Waals surface area contributed by atoms with E-state index in [1.54, 1.807) is 23.5 Å². The fraction of sp³-hybridized carbons (Fsp3) is 0.526. The molecular formula is C19H25N9. The van der Waals surface area contributed by atoms with Crippen molar-refractivity contribution in [1.82, 2.24) is 39.6 Å². The molecule has 9 nitrogen and oxygen atoms in total. The highest BCUT2D eigenvalue weighted by atomic mass is 15.5. The highest BCUT2D eigenvalue weighted by Crippen LogP contribution is 2.33. The second kappa shape index (κ2) is 6.97. The minimum Gasteiger partial charge on any atom is -0.356 e. The summed E-state index contributed by atoms with van der Waals surface area (Å²) in [6.45, 7) is 10.3. The van der Waals surface area contributed by atoms with Crippen LogP contribution in [0.1, 0.15) is 11.4 Å². The molecule has 0 amide bonds. The van der Waals surface area contributed by atoms with Gasteiger partial charge in [-0.3, -0.25) is 0 Å². The molecule has 2 saturated heterocycles. The molecule has 2 atom stereocenters. The molecule has 0 bridgehead atoms. The molecule has 2 unspecified atom stereocenters. The van der Waals surface area contributed by atoms with E-state index >= 15 is 0 Å². The van der Waals surface area contributed by atoms with E-state index in [4.69, 9.17) is 0 Å². The topological polar surface area (TPSA) is 80.8 Å². The Bertz CT molecular complexity index is 934. The molecule has 2 fully saturated rings. The number of hydrogen-bond acceptors (Lipinski definition) is 7. The first-order chi connectivity index (χ1) is 13.7. The predicted molar refractivity (Wildman–Crippen MR) is 104 cm³/mol. The highest BCUT2D eigenvalue weighted by Gasteiger charge is 2.40. The summed E-state index contributed by atoms with van der Waals surface area (Å²) >= 11 is 0. The maximum atomic E-state index is 4.55. The van der Waals surface area contributed by atoms with Crippen LogP contribution < -0.4 is 4.90 Å². The molecule has 0 N–H and O–H groups in total. The first kappa shape index (κ1) is 17.3. The summed E-state index contributed by atoms with van der Waals surface area (Å²) in [6.07, 6.45) is 5.12. The van der Waals surface area contributed by atoms with Crippen molar-refractivity contribution < 1.29 is 0 Å². The number of aromatic nitrogens is 7. The first-order valence-corrected chi connectivity index (χ1v) is 9.83. The van der Waals surface area contributed by atoms with Crippen LogP contribution in [-0.2, 0) is 6.54 Å². The Morgan fingerprint density at radius 1 is 0.893 bits per heavy atom. The lowest BCUT2D eigenvalue weighted by atomic mass is 10.0. The van der Waals surface area contributed by atoms with Crippen LogP contribution in [0.5, 0.6) is 0 Å². The lowest BCUT2D eigenvalue weighted by molar-refractivity contribution is 0.289. The molecule has 0 aromatic carbocycles. The van der Waals surface area contributed by atoms with Crippen LogP contribution in [0.15, 0.2) is 30.9 Å². The molecule has 3 aromatic rings. The molecule has 0 saturated carbocycles. The smallest absolute Gasteiger partial charge is 0.159 e. The number of hydrogen-bond donors (Lipinski definition) is 0. The first-order valence-electron chi connectivity index (χ1n) is 9.83. The van der Waals surface area contributed by atoms with E-state index in [0.29, 0.717) is 11.8 Å². The van der Waals surface area contributed by atoms with Crippen LogP contribution >= 0.6 is 0 Å². The summed E-state index contributed by atoms with van der Waals surface area (Å²) in [7, 11) is 0. The van der Waals surface area contributed by atoms with Gasteiger partial charge in [-0.2, -0.15) is 20.1 Å². The lowest BCUT2D eigenvalue weighted by Crippen LogP contribution is -2.31. The predicted octanol–water partition coefficient (Wildman–Crippen LogP) is 0.939. The summed E-state index contributed by atoms with van der Waals surface area (Å²) in [5.74, 6) is 3.22. The van der Waals surface area contributed by atoms with Gasteiger partial charge in [0.1, 0.15) is 12.1 Å². The summed E-state index contributed by atoms with van der Waals surface area (Å²) in [5.41, 5.74) is 2.08. The van der Waals surface area contributed by atoms with Crippen molar-refractivity contribution in [2.45, 2.75) is 20.4 Å². The monoisotopic (exact) mass is 379 g/mol. The van der Waals surface area contributed by atoms with Gasteiger partial charge in [-0.05, 0) is 31.7 Å². The molecule has 28 heavy (non-hydrogen) atoms. The third-order valence-electron chi connectivity index (χ3n) is 5.83. The Morgan fingerprint density at radius 2 is 1.61 bits per heavy atom. The molecule has 146 valence electrons. The molecule has 9 heteroatoms. The SMILES string of the molecule is Cc1cc(C)n(-c2cc(N3CC4CN(CCn5nccn5)CC4C3)ncn2)n1. The van der Waals surface area contributed by atoms with Gasteiger partial charge < -0.3 is 9.80 Å². The van der Waals surface area contributed by atoms with Crippen molar-refractivity contribution in [2.24, 2.45) is 11.8 Å². The van der Waals surface area contributed by atoms with Crippen molar-refractivity contribution in [3.05, 3.63) is 42.2 Å². The van der Waals surface area contributed by atoms with E-state index in [9.17, 15) is 0 Å². The van der Waals surface area contributed by atoms with E-state index in [1.807, 2.05) is 11.6 Å². The van der Waals surface area contributed by atoms with Crippen molar-refractivity contribution in [3.8, 4) is 5.82 Å². The van der Waals surface area contributed by atoms with E-state index in [-0.39, 0.29) is 0 Å². The van der Waals surface area contributed by atoms with Gasteiger partial charge in [0.05, 0.1) is 24.6 Å². The Hall–Kier alpha value is -2.81. The van der Waals surface area contributed by atoms with E-state index in [0.717, 1.165) is 62.3 Å². The molecule has 3 aromatic heterocycles. The molecule has 0 aliphatic carbocycles. The quantitative estimate of drug-likeness (QED) is 0.652. The summed E-state index contributed by atoms with van der Waals surface area (Å²) < 4.78 is 1.89. The van der Waals surface area contributed by atoms with Crippen LogP contribution in [0.2, 0.25) is 0 Å². The van der Waals surface area contributed by atoms with Gasteiger partial charge in [0, 0.05) is 44.5 Å². The van der Waals surface area contributed by atoms with Crippen LogP contribution in [0.3, 0.4) is 0 Å². The van der Waals surface area contributed by atoms with E-state index in [2.05, 4.69) is 54.1 Å². The molecule has 2 aliphatic heterocycles. The largest absolute Gasteiger partial charge is 0.356 e. The van der Waals surface area contributed by atoms with Crippen molar-refractivity contribution in [2.75, 3.05) is 37.6 Å². The third kappa shape index (κ3) is 3.26. The number of nitrogens with zero attached hydrogens (tertiary/aromatic N) is 9. The highest BCUT2D eigenvalue weighted by molar-refractivity contribution is 5.45. The molecule has 5 rings (SSSR count). The average Bonchev–Trinajstić information content (AvgIpc) is 3.44.